The van der Waals surface area contributed by atoms with Crippen LogP contribution in [-0.4, -0.2) is 12.6 Å². The van der Waals surface area contributed by atoms with Crippen LogP contribution in [-0.2, 0) is 0 Å². The molecule has 2 unspecified atom stereocenters. The summed E-state index contributed by atoms with van der Waals surface area (Å²) in [6, 6.07) is 0.756. The molecular formula is C17H37N. The summed E-state index contributed by atoms with van der Waals surface area (Å²) < 4.78 is 0. The molecule has 0 aliphatic rings. The summed E-state index contributed by atoms with van der Waals surface area (Å²) in [7, 11) is 0. The normalized spacial score (nSPS) is 15.0. The molecule has 1 heteroatoms. The zero-order valence-electron chi connectivity index (χ0n) is 13.6. The molecule has 110 valence electrons. The fourth-order valence-corrected chi connectivity index (χ4v) is 3.10. The van der Waals surface area contributed by atoms with Gasteiger partial charge >= 0.3 is 0 Å². The van der Waals surface area contributed by atoms with Crippen LogP contribution in [0.1, 0.15) is 86.0 Å². The van der Waals surface area contributed by atoms with Crippen molar-refractivity contribution in [3.05, 3.63) is 0 Å². The maximum atomic E-state index is 3.83. The van der Waals surface area contributed by atoms with Crippen molar-refractivity contribution in [1.29, 1.82) is 0 Å². The minimum absolute atomic E-state index is 0.756. The molecule has 0 aromatic heterocycles. The van der Waals surface area contributed by atoms with E-state index in [0.29, 0.717) is 0 Å². The van der Waals surface area contributed by atoms with Crippen molar-refractivity contribution in [2.24, 2.45) is 11.8 Å². The van der Waals surface area contributed by atoms with E-state index in [1.54, 1.807) is 0 Å². The average Bonchev–Trinajstić information content (AvgIpc) is 2.34. The highest BCUT2D eigenvalue weighted by atomic mass is 14.9. The Morgan fingerprint density at radius 2 is 1.33 bits per heavy atom. The maximum absolute atomic E-state index is 3.83. The number of nitrogens with one attached hydrogen (secondary N) is 1. The molecule has 0 aliphatic heterocycles. The predicted octanol–water partition coefficient (Wildman–Crippen LogP) is 5.40. The van der Waals surface area contributed by atoms with E-state index >= 15 is 0 Å². The van der Waals surface area contributed by atoms with Crippen LogP contribution in [0.15, 0.2) is 0 Å². The number of hydrogen-bond donors (Lipinski definition) is 1. The quantitative estimate of drug-likeness (QED) is 0.492. The summed E-state index contributed by atoms with van der Waals surface area (Å²) in [5.41, 5.74) is 0. The second-order valence-corrected chi connectivity index (χ2v) is 6.03. The van der Waals surface area contributed by atoms with Crippen LogP contribution >= 0.6 is 0 Å². The van der Waals surface area contributed by atoms with Gasteiger partial charge in [0.05, 0.1) is 0 Å². The molecule has 2 atom stereocenters. The van der Waals surface area contributed by atoms with Gasteiger partial charge in [0.1, 0.15) is 0 Å². The lowest BCUT2D eigenvalue weighted by molar-refractivity contribution is 0.263. The molecule has 0 fully saturated rings. The van der Waals surface area contributed by atoms with Gasteiger partial charge in [-0.2, -0.15) is 0 Å². The van der Waals surface area contributed by atoms with Gasteiger partial charge in [0, 0.05) is 6.04 Å². The summed E-state index contributed by atoms with van der Waals surface area (Å²) in [5.74, 6) is 1.77. The van der Waals surface area contributed by atoms with Crippen molar-refractivity contribution in [2.45, 2.75) is 92.0 Å². The van der Waals surface area contributed by atoms with Crippen LogP contribution in [0.2, 0.25) is 0 Å². The van der Waals surface area contributed by atoms with E-state index in [9.17, 15) is 0 Å². The standard InChI is InChI=1S/C17H37N/c1-6-10-15(5)14-17(18-13-9-4)16(11-7-2)12-8-3/h15-18H,6-14H2,1-5H3. The highest BCUT2D eigenvalue weighted by molar-refractivity contribution is 4.78. The van der Waals surface area contributed by atoms with E-state index < -0.39 is 0 Å². The fraction of sp³-hybridized carbons (Fsp3) is 1.00. The zero-order valence-corrected chi connectivity index (χ0v) is 13.6. The lowest BCUT2D eigenvalue weighted by Crippen LogP contribution is -2.38. The van der Waals surface area contributed by atoms with Gasteiger partial charge in [-0.1, -0.05) is 60.3 Å². The molecule has 0 amide bonds. The second kappa shape index (κ2) is 12.0. The van der Waals surface area contributed by atoms with Gasteiger partial charge in [-0.3, -0.25) is 0 Å². The van der Waals surface area contributed by atoms with Crippen molar-refractivity contribution in [3.8, 4) is 0 Å². The Labute approximate surface area is 116 Å². The largest absolute Gasteiger partial charge is 0.314 e. The smallest absolute Gasteiger partial charge is 0.00978 e. The van der Waals surface area contributed by atoms with Gasteiger partial charge < -0.3 is 5.32 Å². The second-order valence-electron chi connectivity index (χ2n) is 6.03. The molecule has 0 aromatic rings. The number of hydrogen-bond acceptors (Lipinski definition) is 1. The fourth-order valence-electron chi connectivity index (χ4n) is 3.10. The first kappa shape index (κ1) is 18.0. The van der Waals surface area contributed by atoms with Crippen LogP contribution in [0.3, 0.4) is 0 Å². The summed E-state index contributed by atoms with van der Waals surface area (Å²) in [6.07, 6.45) is 10.8. The molecule has 0 radical (unpaired) electrons. The van der Waals surface area contributed by atoms with Crippen LogP contribution in [0.25, 0.3) is 0 Å². The van der Waals surface area contributed by atoms with E-state index in [2.05, 4.69) is 39.9 Å². The van der Waals surface area contributed by atoms with Crippen LogP contribution in [0.5, 0.6) is 0 Å². The SMILES string of the molecule is CCCNC(CC(C)CCC)C(CCC)CCC. The summed E-state index contributed by atoms with van der Waals surface area (Å²) in [4.78, 5) is 0. The first-order chi connectivity index (χ1) is 8.69. The first-order valence-corrected chi connectivity index (χ1v) is 8.42. The minimum Gasteiger partial charge on any atom is -0.314 e. The Balaban J connectivity index is 4.38. The molecule has 0 heterocycles. The molecule has 0 spiro atoms. The molecule has 1 nitrogen and oxygen atoms in total. The molecule has 1 N–H and O–H groups in total. The monoisotopic (exact) mass is 255 g/mol. The summed E-state index contributed by atoms with van der Waals surface area (Å²) in [6.45, 7) is 12.9. The van der Waals surface area contributed by atoms with Crippen molar-refractivity contribution in [3.63, 3.8) is 0 Å². The maximum Gasteiger partial charge on any atom is 0.00978 e. The van der Waals surface area contributed by atoms with Gasteiger partial charge in [0.25, 0.3) is 0 Å². The Bertz CT molecular complexity index is 161. The summed E-state index contributed by atoms with van der Waals surface area (Å²) in [5, 5.41) is 3.83. The molecule has 0 bridgehead atoms. The lowest BCUT2D eigenvalue weighted by atomic mass is 9.84. The van der Waals surface area contributed by atoms with Crippen molar-refractivity contribution in [2.75, 3.05) is 6.54 Å². The third-order valence-corrected chi connectivity index (χ3v) is 3.98. The van der Waals surface area contributed by atoms with E-state index in [1.807, 2.05) is 0 Å². The Hall–Kier alpha value is -0.0400. The number of rotatable bonds is 12. The molecular weight excluding hydrogens is 218 g/mol. The highest BCUT2D eigenvalue weighted by Crippen LogP contribution is 2.24. The minimum atomic E-state index is 0.756. The molecule has 0 aliphatic carbocycles. The van der Waals surface area contributed by atoms with Gasteiger partial charge in [0.15, 0.2) is 0 Å². The molecule has 18 heavy (non-hydrogen) atoms. The van der Waals surface area contributed by atoms with E-state index in [1.165, 1.54) is 57.9 Å². The Morgan fingerprint density at radius 3 is 1.78 bits per heavy atom. The average molecular weight is 255 g/mol. The topological polar surface area (TPSA) is 12.0 Å². The molecule has 0 saturated heterocycles. The zero-order chi connectivity index (χ0) is 13.8. The van der Waals surface area contributed by atoms with Gasteiger partial charge in [0.2, 0.25) is 0 Å². The first-order valence-electron chi connectivity index (χ1n) is 8.42. The predicted molar refractivity (Wildman–Crippen MR) is 84.1 cm³/mol. The van der Waals surface area contributed by atoms with Gasteiger partial charge in [-0.25, -0.2) is 0 Å². The van der Waals surface area contributed by atoms with E-state index in [-0.39, 0.29) is 0 Å². The van der Waals surface area contributed by atoms with Crippen molar-refractivity contribution >= 4 is 0 Å². The van der Waals surface area contributed by atoms with Gasteiger partial charge in [-0.05, 0) is 44.1 Å². The van der Waals surface area contributed by atoms with Crippen molar-refractivity contribution < 1.29 is 0 Å². The third kappa shape index (κ3) is 8.13. The van der Waals surface area contributed by atoms with E-state index in [4.69, 9.17) is 0 Å². The van der Waals surface area contributed by atoms with Crippen LogP contribution in [0.4, 0.5) is 0 Å². The van der Waals surface area contributed by atoms with Crippen LogP contribution in [0, 0.1) is 11.8 Å². The van der Waals surface area contributed by atoms with Crippen molar-refractivity contribution in [1.82, 2.24) is 5.32 Å². The highest BCUT2D eigenvalue weighted by Gasteiger charge is 2.21. The molecule has 0 aromatic carbocycles. The third-order valence-electron chi connectivity index (χ3n) is 3.98. The lowest BCUT2D eigenvalue weighted by Gasteiger charge is -2.30. The van der Waals surface area contributed by atoms with Gasteiger partial charge in [-0.15, -0.1) is 0 Å². The Kier molecular flexibility index (Phi) is 12.0. The Morgan fingerprint density at radius 1 is 0.778 bits per heavy atom. The molecule has 0 rings (SSSR count). The van der Waals surface area contributed by atoms with Crippen LogP contribution < -0.4 is 5.32 Å². The molecule has 0 saturated carbocycles. The summed E-state index contributed by atoms with van der Waals surface area (Å²) >= 11 is 0. The van der Waals surface area contributed by atoms with E-state index in [0.717, 1.165) is 17.9 Å².